The zero-order chi connectivity index (χ0) is 15.4. The molecule has 0 radical (unpaired) electrons. The van der Waals surface area contributed by atoms with E-state index >= 15 is 0 Å². The quantitative estimate of drug-likeness (QED) is 0.908. The van der Waals surface area contributed by atoms with Gasteiger partial charge in [-0.05, 0) is 31.2 Å². The summed E-state index contributed by atoms with van der Waals surface area (Å²) in [6, 6.07) is 7.39. The highest BCUT2D eigenvalue weighted by molar-refractivity contribution is 6.04. The number of benzene rings is 1. The molecule has 6 heteroatoms. The Kier molecular flexibility index (Phi) is 4.37. The first kappa shape index (κ1) is 14.8. The highest BCUT2D eigenvalue weighted by Crippen LogP contribution is 2.22. The number of aryl methyl sites for hydroxylation is 1. The number of amides is 1. The first-order valence-corrected chi connectivity index (χ1v) is 6.35. The third kappa shape index (κ3) is 3.47. The van der Waals surface area contributed by atoms with Gasteiger partial charge in [0.2, 0.25) is 0 Å². The summed E-state index contributed by atoms with van der Waals surface area (Å²) in [5, 5.41) is 5.40. The molecular formula is C15H16FN3O2. The first-order chi connectivity index (χ1) is 10.0. The molecular weight excluding hydrogens is 273 g/mol. The van der Waals surface area contributed by atoms with Crippen LogP contribution in [0, 0.1) is 12.7 Å². The molecule has 1 aromatic carbocycles. The molecule has 2 N–H and O–H groups in total. The molecule has 0 atom stereocenters. The standard InChI is InChI=1S/C15H16FN3O2/c1-9-6-10(7-14(17-2)18-9)15(20)19-13-8-11(21-3)4-5-12(13)16/h4-8H,1-3H3,(H,17,18)(H,19,20). The van der Waals surface area contributed by atoms with E-state index in [0.717, 1.165) is 0 Å². The zero-order valence-corrected chi connectivity index (χ0v) is 12.0. The molecule has 2 rings (SSSR count). The number of ether oxygens (including phenoxy) is 1. The lowest BCUT2D eigenvalue weighted by Gasteiger charge is -2.10. The molecule has 0 aliphatic rings. The maximum atomic E-state index is 13.7. The van der Waals surface area contributed by atoms with Crippen molar-refractivity contribution in [2.24, 2.45) is 0 Å². The molecule has 1 aromatic heterocycles. The van der Waals surface area contributed by atoms with E-state index in [1.807, 2.05) is 0 Å². The number of methoxy groups -OCH3 is 1. The van der Waals surface area contributed by atoms with Gasteiger partial charge in [0.25, 0.3) is 5.91 Å². The minimum Gasteiger partial charge on any atom is -0.497 e. The number of rotatable bonds is 4. The molecule has 0 unspecified atom stereocenters. The number of pyridine rings is 1. The molecule has 1 amide bonds. The molecule has 0 aliphatic heterocycles. The van der Waals surface area contributed by atoms with Gasteiger partial charge < -0.3 is 15.4 Å². The first-order valence-electron chi connectivity index (χ1n) is 6.35. The van der Waals surface area contributed by atoms with Crippen LogP contribution in [0.3, 0.4) is 0 Å². The number of nitrogens with zero attached hydrogens (tertiary/aromatic N) is 1. The summed E-state index contributed by atoms with van der Waals surface area (Å²) in [6.07, 6.45) is 0. The van der Waals surface area contributed by atoms with Gasteiger partial charge in [-0.1, -0.05) is 0 Å². The number of anilines is 2. The number of nitrogens with one attached hydrogen (secondary N) is 2. The van der Waals surface area contributed by atoms with Gasteiger partial charge in [0.05, 0.1) is 12.8 Å². The molecule has 0 aliphatic carbocycles. The predicted molar refractivity (Wildman–Crippen MR) is 79.4 cm³/mol. The second kappa shape index (κ2) is 6.21. The Labute approximate surface area is 122 Å². The number of hydrogen-bond donors (Lipinski definition) is 2. The Balaban J connectivity index is 2.27. The van der Waals surface area contributed by atoms with Crippen molar-refractivity contribution in [1.82, 2.24) is 4.98 Å². The Bertz CT molecular complexity index is 674. The van der Waals surface area contributed by atoms with Crippen molar-refractivity contribution in [3.63, 3.8) is 0 Å². The lowest BCUT2D eigenvalue weighted by atomic mass is 10.2. The largest absolute Gasteiger partial charge is 0.497 e. The minimum atomic E-state index is -0.524. The lowest BCUT2D eigenvalue weighted by molar-refractivity contribution is 0.102. The van der Waals surface area contributed by atoms with E-state index in [2.05, 4.69) is 15.6 Å². The van der Waals surface area contributed by atoms with Gasteiger partial charge in [-0.25, -0.2) is 9.37 Å². The highest BCUT2D eigenvalue weighted by Gasteiger charge is 2.12. The average molecular weight is 289 g/mol. The van der Waals surface area contributed by atoms with Gasteiger partial charge in [0.1, 0.15) is 17.4 Å². The maximum Gasteiger partial charge on any atom is 0.255 e. The summed E-state index contributed by atoms with van der Waals surface area (Å²) >= 11 is 0. The van der Waals surface area contributed by atoms with E-state index in [-0.39, 0.29) is 5.69 Å². The Hall–Kier alpha value is -2.63. The van der Waals surface area contributed by atoms with Gasteiger partial charge >= 0.3 is 0 Å². The van der Waals surface area contributed by atoms with Crippen LogP contribution in [0.4, 0.5) is 15.9 Å². The van der Waals surface area contributed by atoms with Crippen LogP contribution in [0.25, 0.3) is 0 Å². The van der Waals surface area contributed by atoms with Crippen molar-refractivity contribution in [3.8, 4) is 5.75 Å². The molecule has 0 fully saturated rings. The second-order valence-electron chi connectivity index (χ2n) is 4.43. The lowest BCUT2D eigenvalue weighted by Crippen LogP contribution is -2.14. The number of carbonyl (C=O) groups is 1. The number of aromatic nitrogens is 1. The number of carbonyl (C=O) groups excluding carboxylic acids is 1. The maximum absolute atomic E-state index is 13.7. The molecule has 0 bridgehead atoms. The summed E-state index contributed by atoms with van der Waals surface area (Å²) in [6.45, 7) is 1.78. The van der Waals surface area contributed by atoms with Gasteiger partial charge in [0, 0.05) is 24.4 Å². The summed E-state index contributed by atoms with van der Waals surface area (Å²) in [5.74, 6) is 0.104. The summed E-state index contributed by atoms with van der Waals surface area (Å²) in [5.41, 5.74) is 1.16. The monoisotopic (exact) mass is 289 g/mol. The van der Waals surface area contributed by atoms with Crippen LogP contribution in [-0.4, -0.2) is 25.0 Å². The SMILES string of the molecule is CNc1cc(C(=O)Nc2cc(OC)ccc2F)cc(C)n1. The fraction of sp³-hybridized carbons (Fsp3) is 0.200. The van der Waals surface area contributed by atoms with Crippen molar-refractivity contribution in [3.05, 3.63) is 47.4 Å². The van der Waals surface area contributed by atoms with Crippen LogP contribution in [-0.2, 0) is 0 Å². The van der Waals surface area contributed by atoms with Crippen LogP contribution in [0.15, 0.2) is 30.3 Å². The Morgan fingerprint density at radius 2 is 2.05 bits per heavy atom. The van der Waals surface area contributed by atoms with E-state index in [1.165, 1.54) is 25.3 Å². The van der Waals surface area contributed by atoms with Gasteiger partial charge in [0.15, 0.2) is 0 Å². The molecule has 0 saturated carbocycles. The Morgan fingerprint density at radius 1 is 1.29 bits per heavy atom. The van der Waals surface area contributed by atoms with E-state index in [1.54, 1.807) is 26.1 Å². The Morgan fingerprint density at radius 3 is 2.71 bits per heavy atom. The normalized spacial score (nSPS) is 10.1. The van der Waals surface area contributed by atoms with Crippen LogP contribution < -0.4 is 15.4 Å². The molecule has 1 heterocycles. The van der Waals surface area contributed by atoms with E-state index in [4.69, 9.17) is 4.74 Å². The zero-order valence-electron chi connectivity index (χ0n) is 12.0. The summed E-state index contributed by atoms with van der Waals surface area (Å²) < 4.78 is 18.7. The fourth-order valence-corrected chi connectivity index (χ4v) is 1.85. The number of halogens is 1. The topological polar surface area (TPSA) is 63.2 Å². The second-order valence-corrected chi connectivity index (χ2v) is 4.43. The number of hydrogen-bond acceptors (Lipinski definition) is 4. The summed E-state index contributed by atoms with van der Waals surface area (Å²) in [4.78, 5) is 16.4. The van der Waals surface area contributed by atoms with Crippen LogP contribution in [0.1, 0.15) is 16.1 Å². The van der Waals surface area contributed by atoms with Crippen LogP contribution in [0.2, 0.25) is 0 Å². The molecule has 21 heavy (non-hydrogen) atoms. The smallest absolute Gasteiger partial charge is 0.255 e. The van der Waals surface area contributed by atoms with Crippen molar-refractivity contribution < 1.29 is 13.9 Å². The van der Waals surface area contributed by atoms with Crippen molar-refractivity contribution in [2.75, 3.05) is 24.8 Å². The van der Waals surface area contributed by atoms with Crippen molar-refractivity contribution in [1.29, 1.82) is 0 Å². The van der Waals surface area contributed by atoms with E-state index < -0.39 is 11.7 Å². The highest BCUT2D eigenvalue weighted by atomic mass is 19.1. The van der Waals surface area contributed by atoms with Gasteiger partial charge in [-0.2, -0.15) is 0 Å². The van der Waals surface area contributed by atoms with Gasteiger partial charge in [-0.15, -0.1) is 0 Å². The molecule has 0 spiro atoms. The van der Waals surface area contributed by atoms with Crippen LogP contribution >= 0.6 is 0 Å². The van der Waals surface area contributed by atoms with Crippen molar-refractivity contribution in [2.45, 2.75) is 6.92 Å². The third-order valence-corrected chi connectivity index (χ3v) is 2.89. The molecule has 5 nitrogen and oxygen atoms in total. The van der Waals surface area contributed by atoms with E-state index in [0.29, 0.717) is 22.8 Å². The van der Waals surface area contributed by atoms with Crippen molar-refractivity contribution >= 4 is 17.4 Å². The average Bonchev–Trinajstić information content (AvgIpc) is 2.48. The summed E-state index contributed by atoms with van der Waals surface area (Å²) in [7, 11) is 3.19. The minimum absolute atomic E-state index is 0.0693. The third-order valence-electron chi connectivity index (χ3n) is 2.89. The van der Waals surface area contributed by atoms with E-state index in [9.17, 15) is 9.18 Å². The molecule has 110 valence electrons. The molecule has 2 aromatic rings. The molecule has 0 saturated heterocycles. The van der Waals surface area contributed by atoms with Crippen LogP contribution in [0.5, 0.6) is 5.75 Å². The fourth-order valence-electron chi connectivity index (χ4n) is 1.85. The predicted octanol–water partition coefficient (Wildman–Crippen LogP) is 2.83. The van der Waals surface area contributed by atoms with Gasteiger partial charge in [-0.3, -0.25) is 4.79 Å².